The summed E-state index contributed by atoms with van der Waals surface area (Å²) >= 11 is 0. The first-order chi connectivity index (χ1) is 6.76. The van der Waals surface area contributed by atoms with E-state index >= 15 is 0 Å². The molecular weight excluding hydrogens is 176 g/mol. The minimum atomic E-state index is 0.108. The van der Waals surface area contributed by atoms with E-state index in [2.05, 4.69) is 24.1 Å². The standard InChI is InChI=1S/C11H24N2O/c1-4-11(6-7-12-3)10-13(5-2)8-9-14-11/h12H,4-10H2,1-3H3. The Balaban J connectivity index is 2.49. The number of hydrogen-bond acceptors (Lipinski definition) is 3. The Hall–Kier alpha value is -0.120. The molecule has 1 aliphatic rings. The van der Waals surface area contributed by atoms with Gasteiger partial charge in [0.05, 0.1) is 12.2 Å². The molecule has 0 radical (unpaired) electrons. The van der Waals surface area contributed by atoms with E-state index in [4.69, 9.17) is 4.74 Å². The zero-order chi connectivity index (χ0) is 10.4. The lowest BCUT2D eigenvalue weighted by atomic mass is 9.94. The molecule has 1 unspecified atom stereocenters. The van der Waals surface area contributed by atoms with Gasteiger partial charge in [0.1, 0.15) is 0 Å². The van der Waals surface area contributed by atoms with Gasteiger partial charge in [-0.15, -0.1) is 0 Å². The zero-order valence-electron chi connectivity index (χ0n) is 9.81. The third-order valence-corrected chi connectivity index (χ3v) is 3.25. The van der Waals surface area contributed by atoms with Crippen LogP contribution in [0.1, 0.15) is 26.7 Å². The van der Waals surface area contributed by atoms with Crippen LogP contribution in [0.3, 0.4) is 0 Å². The lowest BCUT2D eigenvalue weighted by Crippen LogP contribution is -2.52. The summed E-state index contributed by atoms with van der Waals surface area (Å²) < 4.78 is 5.97. The summed E-state index contributed by atoms with van der Waals surface area (Å²) in [5.41, 5.74) is 0.108. The maximum absolute atomic E-state index is 5.97. The number of nitrogens with zero attached hydrogens (tertiary/aromatic N) is 1. The molecule has 3 nitrogen and oxygen atoms in total. The quantitative estimate of drug-likeness (QED) is 0.719. The number of nitrogens with one attached hydrogen (secondary N) is 1. The fourth-order valence-corrected chi connectivity index (χ4v) is 2.09. The number of hydrogen-bond donors (Lipinski definition) is 1. The fourth-order valence-electron chi connectivity index (χ4n) is 2.09. The molecule has 1 rings (SSSR count). The van der Waals surface area contributed by atoms with E-state index in [0.717, 1.165) is 45.6 Å². The van der Waals surface area contributed by atoms with Gasteiger partial charge >= 0.3 is 0 Å². The van der Waals surface area contributed by atoms with Gasteiger partial charge in [0, 0.05) is 13.1 Å². The topological polar surface area (TPSA) is 24.5 Å². The van der Waals surface area contributed by atoms with Crippen molar-refractivity contribution in [1.29, 1.82) is 0 Å². The molecule has 0 spiro atoms. The second-order valence-electron chi connectivity index (χ2n) is 4.11. The third-order valence-electron chi connectivity index (χ3n) is 3.25. The molecule has 0 aromatic heterocycles. The van der Waals surface area contributed by atoms with E-state index in [1.165, 1.54) is 0 Å². The normalized spacial score (nSPS) is 29.4. The predicted octanol–water partition coefficient (Wildman–Crippen LogP) is 1.10. The van der Waals surface area contributed by atoms with Gasteiger partial charge in [0.25, 0.3) is 0 Å². The largest absolute Gasteiger partial charge is 0.372 e. The molecule has 0 bridgehead atoms. The van der Waals surface area contributed by atoms with Crippen molar-refractivity contribution >= 4 is 0 Å². The van der Waals surface area contributed by atoms with Crippen molar-refractivity contribution in [3.05, 3.63) is 0 Å². The summed E-state index contributed by atoms with van der Waals surface area (Å²) in [4.78, 5) is 2.49. The Morgan fingerprint density at radius 1 is 1.43 bits per heavy atom. The van der Waals surface area contributed by atoms with Gasteiger partial charge in [0.15, 0.2) is 0 Å². The van der Waals surface area contributed by atoms with Crippen LogP contribution in [0.25, 0.3) is 0 Å². The summed E-state index contributed by atoms with van der Waals surface area (Å²) in [7, 11) is 2.00. The highest BCUT2D eigenvalue weighted by molar-refractivity contribution is 4.86. The summed E-state index contributed by atoms with van der Waals surface area (Å²) in [5, 5.41) is 3.21. The van der Waals surface area contributed by atoms with Gasteiger partial charge in [0.2, 0.25) is 0 Å². The second-order valence-corrected chi connectivity index (χ2v) is 4.11. The van der Waals surface area contributed by atoms with E-state index in [1.54, 1.807) is 0 Å². The molecule has 1 atom stereocenters. The first-order valence-electron chi connectivity index (χ1n) is 5.77. The van der Waals surface area contributed by atoms with Crippen molar-refractivity contribution < 1.29 is 4.74 Å². The highest BCUT2D eigenvalue weighted by Gasteiger charge is 2.33. The number of rotatable bonds is 5. The van der Waals surface area contributed by atoms with Crippen molar-refractivity contribution in [2.75, 3.05) is 39.8 Å². The Kier molecular flexibility index (Phi) is 4.85. The molecule has 84 valence electrons. The molecule has 0 amide bonds. The lowest BCUT2D eigenvalue weighted by molar-refractivity contribution is -0.113. The highest BCUT2D eigenvalue weighted by atomic mass is 16.5. The van der Waals surface area contributed by atoms with Gasteiger partial charge in [-0.2, -0.15) is 0 Å². The van der Waals surface area contributed by atoms with Gasteiger partial charge < -0.3 is 10.1 Å². The summed E-state index contributed by atoms with van der Waals surface area (Å²) in [6, 6.07) is 0. The van der Waals surface area contributed by atoms with Crippen LogP contribution in [-0.4, -0.2) is 50.3 Å². The molecule has 1 saturated heterocycles. The molecule has 3 heteroatoms. The monoisotopic (exact) mass is 200 g/mol. The molecule has 14 heavy (non-hydrogen) atoms. The molecule has 1 aliphatic heterocycles. The van der Waals surface area contributed by atoms with E-state index in [9.17, 15) is 0 Å². The predicted molar refractivity (Wildman–Crippen MR) is 59.6 cm³/mol. The minimum Gasteiger partial charge on any atom is -0.372 e. The number of morpholine rings is 1. The second kappa shape index (κ2) is 5.69. The van der Waals surface area contributed by atoms with Crippen LogP contribution >= 0.6 is 0 Å². The van der Waals surface area contributed by atoms with Crippen LogP contribution in [0.2, 0.25) is 0 Å². The van der Waals surface area contributed by atoms with Crippen LogP contribution in [0, 0.1) is 0 Å². The minimum absolute atomic E-state index is 0.108. The molecule has 1 fully saturated rings. The molecule has 0 aliphatic carbocycles. The van der Waals surface area contributed by atoms with Gasteiger partial charge in [-0.05, 0) is 33.0 Å². The Bertz CT molecular complexity index is 163. The Labute approximate surface area is 87.8 Å². The molecule has 1 heterocycles. The van der Waals surface area contributed by atoms with E-state index in [1.807, 2.05) is 7.05 Å². The third kappa shape index (κ3) is 2.94. The first kappa shape index (κ1) is 12.0. The van der Waals surface area contributed by atoms with Crippen LogP contribution in [0.4, 0.5) is 0 Å². The molecule has 0 aromatic rings. The molecular formula is C11H24N2O. The van der Waals surface area contributed by atoms with Gasteiger partial charge in [-0.1, -0.05) is 13.8 Å². The van der Waals surface area contributed by atoms with Crippen LogP contribution in [-0.2, 0) is 4.74 Å². The number of ether oxygens (including phenoxy) is 1. The summed E-state index contributed by atoms with van der Waals surface area (Å²) in [6.07, 6.45) is 2.24. The average Bonchev–Trinajstić information content (AvgIpc) is 2.26. The highest BCUT2D eigenvalue weighted by Crippen LogP contribution is 2.25. The SMILES string of the molecule is CCN1CCOC(CC)(CCNC)C1. The van der Waals surface area contributed by atoms with E-state index in [-0.39, 0.29) is 5.60 Å². The van der Waals surface area contributed by atoms with Crippen molar-refractivity contribution in [1.82, 2.24) is 10.2 Å². The molecule has 1 N–H and O–H groups in total. The van der Waals surface area contributed by atoms with E-state index < -0.39 is 0 Å². The van der Waals surface area contributed by atoms with Crippen molar-refractivity contribution in [2.24, 2.45) is 0 Å². The first-order valence-corrected chi connectivity index (χ1v) is 5.77. The molecule has 0 aromatic carbocycles. The summed E-state index contributed by atoms with van der Waals surface area (Å²) in [6.45, 7) is 9.74. The van der Waals surface area contributed by atoms with Gasteiger partial charge in [-0.25, -0.2) is 0 Å². The maximum Gasteiger partial charge on any atom is 0.0818 e. The summed E-state index contributed by atoms with van der Waals surface area (Å²) in [5.74, 6) is 0. The van der Waals surface area contributed by atoms with Crippen molar-refractivity contribution in [3.63, 3.8) is 0 Å². The van der Waals surface area contributed by atoms with Crippen molar-refractivity contribution in [2.45, 2.75) is 32.3 Å². The zero-order valence-corrected chi connectivity index (χ0v) is 9.81. The lowest BCUT2D eigenvalue weighted by Gasteiger charge is -2.42. The van der Waals surface area contributed by atoms with Gasteiger partial charge in [-0.3, -0.25) is 4.90 Å². The Morgan fingerprint density at radius 2 is 2.21 bits per heavy atom. The van der Waals surface area contributed by atoms with E-state index in [0.29, 0.717) is 0 Å². The van der Waals surface area contributed by atoms with Crippen molar-refractivity contribution in [3.8, 4) is 0 Å². The molecule has 0 saturated carbocycles. The van der Waals surface area contributed by atoms with Crippen LogP contribution in [0.5, 0.6) is 0 Å². The van der Waals surface area contributed by atoms with Crippen LogP contribution < -0.4 is 5.32 Å². The maximum atomic E-state index is 5.97. The fraction of sp³-hybridized carbons (Fsp3) is 1.00. The van der Waals surface area contributed by atoms with Crippen LogP contribution in [0.15, 0.2) is 0 Å². The Morgan fingerprint density at radius 3 is 2.79 bits per heavy atom. The smallest absolute Gasteiger partial charge is 0.0818 e. The number of likely N-dealkylation sites (N-methyl/N-ethyl adjacent to an activating group) is 1. The average molecular weight is 200 g/mol.